The number of piperidine rings is 1. The van der Waals surface area contributed by atoms with Crippen LogP contribution < -0.4 is 4.74 Å². The average Bonchev–Trinajstić information content (AvgIpc) is 2.63. The maximum absolute atomic E-state index is 12.2. The normalized spacial score (nSPS) is 17.1. The van der Waals surface area contributed by atoms with Crippen LogP contribution >= 0.6 is 0 Å². The number of hydrogen-bond donors (Lipinski definition) is 1. The van der Waals surface area contributed by atoms with Crippen LogP contribution in [0.3, 0.4) is 0 Å². The number of aryl methyl sites for hydroxylation is 2. The van der Waals surface area contributed by atoms with E-state index in [0.717, 1.165) is 42.8 Å². The number of carbonyl (C=O) groups is 1. The summed E-state index contributed by atoms with van der Waals surface area (Å²) in [6.45, 7) is 14.3. The lowest BCUT2D eigenvalue weighted by Crippen LogP contribution is -2.48. The zero-order valence-corrected chi connectivity index (χ0v) is 19.1. The third-order valence-corrected chi connectivity index (χ3v) is 5.55. The van der Waals surface area contributed by atoms with Gasteiger partial charge in [-0.15, -0.1) is 0 Å². The fraction of sp³-hybridized carbons (Fsp3) is 0.696. The first-order valence-electron chi connectivity index (χ1n) is 10.5. The average molecular weight is 407 g/mol. The maximum Gasteiger partial charge on any atom is 0.410 e. The monoisotopic (exact) mass is 406 g/mol. The van der Waals surface area contributed by atoms with Crippen LogP contribution in [0.15, 0.2) is 12.1 Å². The summed E-state index contributed by atoms with van der Waals surface area (Å²) >= 11 is 0. The fourth-order valence-corrected chi connectivity index (χ4v) is 3.65. The zero-order chi connectivity index (χ0) is 21.8. The van der Waals surface area contributed by atoms with E-state index in [1.165, 1.54) is 5.56 Å². The Hall–Kier alpha value is -1.79. The Bertz CT molecular complexity index is 691. The van der Waals surface area contributed by atoms with Gasteiger partial charge in [0.05, 0.1) is 0 Å². The van der Waals surface area contributed by atoms with Crippen LogP contribution in [-0.4, -0.2) is 72.0 Å². The third kappa shape index (κ3) is 6.89. The van der Waals surface area contributed by atoms with Crippen LogP contribution in [0.25, 0.3) is 0 Å². The van der Waals surface area contributed by atoms with Crippen molar-refractivity contribution in [1.82, 2.24) is 9.80 Å². The molecule has 164 valence electrons. The van der Waals surface area contributed by atoms with Crippen LogP contribution in [-0.2, 0) is 4.74 Å². The molecule has 1 aliphatic heterocycles. The van der Waals surface area contributed by atoms with Crippen molar-refractivity contribution in [2.75, 3.05) is 33.3 Å². The van der Waals surface area contributed by atoms with Crippen molar-refractivity contribution in [2.24, 2.45) is 0 Å². The number of ether oxygens (including phenoxy) is 2. The molecule has 1 aromatic carbocycles. The number of β-amino-alcohol motifs (C(OH)–C–C–N with tert-alkyl or cyclic N) is 1. The molecule has 0 saturated carbocycles. The summed E-state index contributed by atoms with van der Waals surface area (Å²) in [4.78, 5) is 16.2. The van der Waals surface area contributed by atoms with E-state index in [9.17, 15) is 9.90 Å². The van der Waals surface area contributed by atoms with Gasteiger partial charge in [-0.25, -0.2) is 4.79 Å². The van der Waals surface area contributed by atoms with Gasteiger partial charge in [0, 0.05) is 32.7 Å². The number of aliphatic hydroxyl groups is 1. The van der Waals surface area contributed by atoms with E-state index >= 15 is 0 Å². The molecule has 6 nitrogen and oxygen atoms in total. The Morgan fingerprint density at radius 3 is 2.38 bits per heavy atom. The Kier molecular flexibility index (Phi) is 7.94. The van der Waals surface area contributed by atoms with Gasteiger partial charge in [0.15, 0.2) is 0 Å². The predicted molar refractivity (Wildman–Crippen MR) is 116 cm³/mol. The molecule has 0 aliphatic carbocycles. The molecule has 1 fully saturated rings. The zero-order valence-electron chi connectivity index (χ0n) is 19.1. The van der Waals surface area contributed by atoms with Gasteiger partial charge in [0.1, 0.15) is 24.1 Å². The van der Waals surface area contributed by atoms with Crippen molar-refractivity contribution in [3.8, 4) is 5.75 Å². The second kappa shape index (κ2) is 9.81. The number of nitrogens with zero attached hydrogens (tertiary/aromatic N) is 2. The largest absolute Gasteiger partial charge is 0.490 e. The van der Waals surface area contributed by atoms with Crippen molar-refractivity contribution in [1.29, 1.82) is 0 Å². The molecule has 6 heteroatoms. The van der Waals surface area contributed by atoms with Gasteiger partial charge in [0.2, 0.25) is 0 Å². The molecule has 1 aliphatic rings. The molecule has 0 radical (unpaired) electrons. The van der Waals surface area contributed by atoms with E-state index < -0.39 is 11.7 Å². The van der Waals surface area contributed by atoms with Crippen LogP contribution in [0.4, 0.5) is 4.79 Å². The molecule has 0 spiro atoms. The number of rotatable bonds is 6. The van der Waals surface area contributed by atoms with Crippen LogP contribution in [0.2, 0.25) is 0 Å². The first kappa shape index (κ1) is 23.5. The van der Waals surface area contributed by atoms with E-state index in [1.54, 1.807) is 4.90 Å². The number of carbonyl (C=O) groups excluding carboxylic acids is 1. The van der Waals surface area contributed by atoms with Gasteiger partial charge in [-0.2, -0.15) is 0 Å². The van der Waals surface area contributed by atoms with E-state index in [0.29, 0.717) is 6.54 Å². The Morgan fingerprint density at radius 1 is 1.21 bits per heavy atom. The smallest absolute Gasteiger partial charge is 0.410 e. The highest BCUT2D eigenvalue weighted by atomic mass is 16.6. The second-order valence-corrected chi connectivity index (χ2v) is 9.24. The van der Waals surface area contributed by atoms with Gasteiger partial charge in [-0.3, -0.25) is 0 Å². The molecule has 1 heterocycles. The number of aliphatic hydroxyl groups excluding tert-OH is 1. The molecule has 0 bridgehead atoms. The van der Waals surface area contributed by atoms with E-state index in [-0.39, 0.29) is 18.7 Å². The molecular weight excluding hydrogens is 368 g/mol. The SMILES string of the molecule is Cc1ccc(C)c(OCC(O)CN2CCC(N(C)C(=O)OC(C)(C)C)CC2)c1C. The Balaban J connectivity index is 1.78. The molecule has 2 rings (SSSR count). The molecule has 0 aromatic heterocycles. The molecule has 1 N–H and O–H groups in total. The Morgan fingerprint density at radius 2 is 1.79 bits per heavy atom. The van der Waals surface area contributed by atoms with Crippen LogP contribution in [0.5, 0.6) is 5.75 Å². The quantitative estimate of drug-likeness (QED) is 0.781. The number of likely N-dealkylation sites (tertiary alicyclic amines) is 1. The molecular formula is C23H38N2O4. The van der Waals surface area contributed by atoms with Crippen molar-refractivity contribution in [3.05, 3.63) is 28.8 Å². The summed E-state index contributed by atoms with van der Waals surface area (Å²) in [5.74, 6) is 0.877. The topological polar surface area (TPSA) is 62.2 Å². The molecule has 29 heavy (non-hydrogen) atoms. The first-order valence-corrected chi connectivity index (χ1v) is 10.5. The minimum absolute atomic E-state index is 0.173. The van der Waals surface area contributed by atoms with Gasteiger partial charge >= 0.3 is 6.09 Å². The molecule has 1 atom stereocenters. The van der Waals surface area contributed by atoms with Crippen molar-refractivity contribution < 1.29 is 19.4 Å². The van der Waals surface area contributed by atoms with Crippen molar-refractivity contribution in [2.45, 2.75) is 72.1 Å². The summed E-state index contributed by atoms with van der Waals surface area (Å²) in [6.07, 6.45) is 0.932. The minimum atomic E-state index is -0.547. The van der Waals surface area contributed by atoms with E-state index in [1.807, 2.05) is 34.7 Å². The van der Waals surface area contributed by atoms with Crippen molar-refractivity contribution >= 4 is 6.09 Å². The summed E-state index contributed by atoms with van der Waals surface area (Å²) in [6, 6.07) is 4.31. The number of benzene rings is 1. The lowest BCUT2D eigenvalue weighted by atomic mass is 10.0. The van der Waals surface area contributed by atoms with Crippen LogP contribution in [0, 0.1) is 20.8 Å². The van der Waals surface area contributed by atoms with Gasteiger partial charge in [-0.05, 0) is 71.1 Å². The van der Waals surface area contributed by atoms with Gasteiger partial charge in [0.25, 0.3) is 0 Å². The number of hydrogen-bond acceptors (Lipinski definition) is 5. The number of amides is 1. The van der Waals surface area contributed by atoms with E-state index in [2.05, 4.69) is 30.9 Å². The lowest BCUT2D eigenvalue weighted by molar-refractivity contribution is 0.0104. The third-order valence-electron chi connectivity index (χ3n) is 5.55. The highest BCUT2D eigenvalue weighted by molar-refractivity contribution is 5.68. The molecule has 1 saturated heterocycles. The molecule has 1 aromatic rings. The second-order valence-electron chi connectivity index (χ2n) is 9.24. The summed E-state index contributed by atoms with van der Waals surface area (Å²) in [5.41, 5.74) is 2.93. The minimum Gasteiger partial charge on any atom is -0.490 e. The molecule has 1 amide bonds. The highest BCUT2D eigenvalue weighted by Crippen LogP contribution is 2.26. The molecule has 1 unspecified atom stereocenters. The van der Waals surface area contributed by atoms with E-state index in [4.69, 9.17) is 9.47 Å². The summed E-state index contributed by atoms with van der Waals surface area (Å²) in [5, 5.41) is 10.5. The summed E-state index contributed by atoms with van der Waals surface area (Å²) < 4.78 is 11.4. The fourth-order valence-electron chi connectivity index (χ4n) is 3.65. The first-order chi connectivity index (χ1) is 13.5. The maximum atomic E-state index is 12.2. The highest BCUT2D eigenvalue weighted by Gasteiger charge is 2.29. The van der Waals surface area contributed by atoms with Gasteiger partial charge < -0.3 is 24.4 Å². The van der Waals surface area contributed by atoms with Crippen molar-refractivity contribution in [3.63, 3.8) is 0 Å². The van der Waals surface area contributed by atoms with Gasteiger partial charge in [-0.1, -0.05) is 12.1 Å². The Labute approximate surface area is 175 Å². The lowest BCUT2D eigenvalue weighted by Gasteiger charge is -2.37. The van der Waals surface area contributed by atoms with Crippen LogP contribution in [0.1, 0.15) is 50.3 Å². The standard InChI is InChI=1S/C23H38N2O4/c1-16-8-9-17(2)21(18(16)3)28-15-20(26)14-25-12-10-19(11-13-25)24(7)22(27)29-23(4,5)6/h8-9,19-20,26H,10-15H2,1-7H3. The predicted octanol–water partition coefficient (Wildman–Crippen LogP) is 3.68. The summed E-state index contributed by atoms with van der Waals surface area (Å²) in [7, 11) is 1.81.